The topological polar surface area (TPSA) is 119 Å². The number of rotatable bonds is 36. The maximum atomic E-state index is 12.4. The van der Waals surface area contributed by atoms with E-state index in [1.165, 1.54) is 89.9 Å². The second-order valence-corrected chi connectivity index (χ2v) is 14.5. The molecule has 10 heteroatoms. The molecule has 284 valence electrons. The molecule has 0 bridgehead atoms. The molecule has 0 heterocycles. The third kappa shape index (κ3) is 41.8. The molecular formula is C39H74NaO8P. The van der Waals surface area contributed by atoms with Crippen molar-refractivity contribution in [2.75, 3.05) is 13.2 Å². The van der Waals surface area contributed by atoms with Crippen molar-refractivity contribution in [3.63, 3.8) is 0 Å². The quantitative estimate of drug-likeness (QED) is 0.0215. The molecule has 0 aromatic heterocycles. The molecule has 0 saturated carbocycles. The summed E-state index contributed by atoms with van der Waals surface area (Å²) < 4.78 is 26.3. The molecule has 0 saturated heterocycles. The molecule has 0 aliphatic heterocycles. The SMILES string of the molecule is CCCCCCCC/C=C\CCCCCCCC(=O)OC[C@H](COP(=O)(O)O)OC(=O)CCCCCCC/C=C\CCCCCCCC.[NaH]. The van der Waals surface area contributed by atoms with E-state index in [9.17, 15) is 14.2 Å². The number of carbonyl (C=O) groups is 2. The number of ether oxygens (including phenoxy) is 2. The standard InChI is InChI=1S/C39H73O8P.Na.H/c1-3-5-7-9-11-13-15-17-19-21-23-25-27-29-31-33-38(40)45-35-37(36-46-48(42,43)44)47-39(41)34-32-30-28-26-24-22-20-18-16-14-12-10-8-6-4-2;;/h17-20,37H,3-16,21-36H2,1-2H3,(H2,42,43,44);;/b19-17-,20-18-;;/t37-;;/m1../s1. The number of phosphoric acid groups is 1. The average Bonchev–Trinajstić information content (AvgIpc) is 3.05. The van der Waals surface area contributed by atoms with Crippen LogP contribution in [0.1, 0.15) is 194 Å². The molecule has 0 rings (SSSR count). The van der Waals surface area contributed by atoms with E-state index >= 15 is 0 Å². The normalized spacial score (nSPS) is 12.4. The summed E-state index contributed by atoms with van der Waals surface area (Å²) in [6.07, 6.45) is 38.9. The first-order chi connectivity index (χ1) is 23.3. The monoisotopic (exact) mass is 725 g/mol. The summed E-state index contributed by atoms with van der Waals surface area (Å²) in [6.45, 7) is 3.66. The zero-order valence-corrected chi connectivity index (χ0v) is 31.8. The minimum absolute atomic E-state index is 0. The van der Waals surface area contributed by atoms with E-state index in [1.807, 2.05) is 0 Å². The van der Waals surface area contributed by atoms with Gasteiger partial charge in [-0.15, -0.1) is 0 Å². The van der Waals surface area contributed by atoms with E-state index in [4.69, 9.17) is 19.3 Å². The Hall–Kier alpha value is -0.470. The van der Waals surface area contributed by atoms with Crippen LogP contribution in [0, 0.1) is 0 Å². The third-order valence-electron chi connectivity index (χ3n) is 8.44. The Kier molecular flexibility index (Phi) is 40.0. The Morgan fingerprint density at radius 1 is 0.531 bits per heavy atom. The minimum atomic E-state index is -4.75. The average molecular weight is 725 g/mol. The van der Waals surface area contributed by atoms with Crippen molar-refractivity contribution in [3.8, 4) is 0 Å². The van der Waals surface area contributed by atoms with E-state index in [1.54, 1.807) is 0 Å². The van der Waals surface area contributed by atoms with Crippen molar-refractivity contribution in [3.05, 3.63) is 24.3 Å². The maximum absolute atomic E-state index is 12.4. The van der Waals surface area contributed by atoms with Crippen LogP contribution in [0.15, 0.2) is 24.3 Å². The first kappa shape index (κ1) is 50.6. The molecule has 0 radical (unpaired) electrons. The van der Waals surface area contributed by atoms with E-state index in [0.29, 0.717) is 12.8 Å². The van der Waals surface area contributed by atoms with Crippen LogP contribution in [-0.4, -0.2) is 70.6 Å². The van der Waals surface area contributed by atoms with Crippen LogP contribution < -0.4 is 0 Å². The van der Waals surface area contributed by atoms with Gasteiger partial charge in [-0.2, -0.15) is 0 Å². The number of hydrogen-bond donors (Lipinski definition) is 2. The summed E-state index contributed by atoms with van der Waals surface area (Å²) in [5.41, 5.74) is 0. The number of allylic oxidation sites excluding steroid dienone is 4. The summed E-state index contributed by atoms with van der Waals surface area (Å²) in [5, 5.41) is 0. The van der Waals surface area contributed by atoms with Crippen LogP contribution in [0.5, 0.6) is 0 Å². The fourth-order valence-electron chi connectivity index (χ4n) is 5.48. The molecule has 0 unspecified atom stereocenters. The molecule has 0 amide bonds. The summed E-state index contributed by atoms with van der Waals surface area (Å²) in [4.78, 5) is 42.7. The van der Waals surface area contributed by atoms with Crippen molar-refractivity contribution in [1.29, 1.82) is 0 Å². The summed E-state index contributed by atoms with van der Waals surface area (Å²) in [5.74, 6) is -0.901. The van der Waals surface area contributed by atoms with Crippen molar-refractivity contribution in [1.82, 2.24) is 0 Å². The van der Waals surface area contributed by atoms with Gasteiger partial charge in [-0.25, -0.2) is 4.57 Å². The van der Waals surface area contributed by atoms with Gasteiger partial charge >= 0.3 is 49.3 Å². The number of carbonyl (C=O) groups excluding carboxylic acids is 2. The van der Waals surface area contributed by atoms with E-state index in [2.05, 4.69) is 42.7 Å². The molecule has 8 nitrogen and oxygen atoms in total. The molecular weight excluding hydrogens is 650 g/mol. The first-order valence-electron chi connectivity index (χ1n) is 19.6. The predicted octanol–water partition coefficient (Wildman–Crippen LogP) is 11.0. The van der Waals surface area contributed by atoms with Gasteiger partial charge in [-0.3, -0.25) is 14.1 Å². The van der Waals surface area contributed by atoms with Gasteiger partial charge in [-0.05, 0) is 64.2 Å². The van der Waals surface area contributed by atoms with Crippen LogP contribution >= 0.6 is 7.82 Å². The van der Waals surface area contributed by atoms with Gasteiger partial charge in [0.15, 0.2) is 6.10 Å². The molecule has 0 aliphatic carbocycles. The second kappa shape index (κ2) is 38.8. The Labute approximate surface area is 322 Å². The molecule has 0 aliphatic rings. The zero-order valence-electron chi connectivity index (χ0n) is 30.9. The van der Waals surface area contributed by atoms with Gasteiger partial charge in [0.1, 0.15) is 6.61 Å². The van der Waals surface area contributed by atoms with Crippen molar-refractivity contribution < 1.29 is 37.9 Å². The van der Waals surface area contributed by atoms with E-state index < -0.39 is 32.5 Å². The third-order valence-corrected chi connectivity index (χ3v) is 8.93. The summed E-state index contributed by atoms with van der Waals surface area (Å²) in [6, 6.07) is 0. The van der Waals surface area contributed by atoms with Crippen molar-refractivity contribution in [2.24, 2.45) is 0 Å². The van der Waals surface area contributed by atoms with Crippen LogP contribution in [-0.2, 0) is 28.2 Å². The van der Waals surface area contributed by atoms with Crippen LogP contribution in [0.3, 0.4) is 0 Å². The predicted molar refractivity (Wildman–Crippen MR) is 205 cm³/mol. The number of unbranched alkanes of at least 4 members (excludes halogenated alkanes) is 22. The Bertz CT molecular complexity index is 845. The summed E-state index contributed by atoms with van der Waals surface area (Å²) >= 11 is 0. The number of esters is 2. The zero-order chi connectivity index (χ0) is 35.4. The van der Waals surface area contributed by atoms with Crippen molar-refractivity contribution >= 4 is 49.3 Å². The van der Waals surface area contributed by atoms with Gasteiger partial charge in [0.2, 0.25) is 0 Å². The number of phosphoric ester groups is 1. The molecule has 0 aromatic rings. The molecule has 0 fully saturated rings. The molecule has 0 spiro atoms. The van der Waals surface area contributed by atoms with Crippen molar-refractivity contribution in [2.45, 2.75) is 200 Å². The van der Waals surface area contributed by atoms with Crippen LogP contribution in [0.2, 0.25) is 0 Å². The fourth-order valence-corrected chi connectivity index (χ4v) is 5.84. The second-order valence-electron chi connectivity index (χ2n) is 13.2. The van der Waals surface area contributed by atoms with Gasteiger partial charge in [0, 0.05) is 12.8 Å². The fraction of sp³-hybridized carbons (Fsp3) is 0.846. The van der Waals surface area contributed by atoms with Crippen LogP contribution in [0.25, 0.3) is 0 Å². The molecule has 0 aromatic carbocycles. The summed E-state index contributed by atoms with van der Waals surface area (Å²) in [7, 11) is -4.75. The Morgan fingerprint density at radius 2 is 0.878 bits per heavy atom. The van der Waals surface area contributed by atoms with Gasteiger partial charge < -0.3 is 19.3 Å². The Morgan fingerprint density at radius 3 is 1.27 bits per heavy atom. The molecule has 2 N–H and O–H groups in total. The van der Waals surface area contributed by atoms with Gasteiger partial charge in [-0.1, -0.05) is 141 Å². The van der Waals surface area contributed by atoms with Gasteiger partial charge in [0.05, 0.1) is 6.61 Å². The first-order valence-corrected chi connectivity index (χ1v) is 21.2. The molecule has 1 atom stereocenters. The molecule has 49 heavy (non-hydrogen) atoms. The number of hydrogen-bond acceptors (Lipinski definition) is 6. The van der Waals surface area contributed by atoms with Gasteiger partial charge in [0.25, 0.3) is 0 Å². The van der Waals surface area contributed by atoms with E-state index in [0.717, 1.165) is 64.2 Å². The van der Waals surface area contributed by atoms with Crippen LogP contribution in [0.4, 0.5) is 0 Å². The van der Waals surface area contributed by atoms with E-state index in [-0.39, 0.29) is 49.0 Å². The Balaban J connectivity index is 0.